The Kier molecular flexibility index (Phi) is 8.16. The molecule has 0 heterocycles. The molecule has 0 saturated heterocycles. The summed E-state index contributed by atoms with van der Waals surface area (Å²) in [6.07, 6.45) is 1.44. The predicted molar refractivity (Wildman–Crippen MR) is 83.0 cm³/mol. The first kappa shape index (κ1) is 17.8. The summed E-state index contributed by atoms with van der Waals surface area (Å²) < 4.78 is 16.0. The molecule has 21 heavy (non-hydrogen) atoms. The topological polar surface area (TPSA) is 44.8 Å². The summed E-state index contributed by atoms with van der Waals surface area (Å²) in [4.78, 5) is 11.8. The molecule has 0 aliphatic heterocycles. The van der Waals surface area contributed by atoms with Crippen LogP contribution in [0.5, 0.6) is 5.75 Å². The summed E-state index contributed by atoms with van der Waals surface area (Å²) in [6, 6.07) is 5.26. The molecule has 4 nitrogen and oxygen atoms in total. The third-order valence-electron chi connectivity index (χ3n) is 2.89. The van der Waals surface area contributed by atoms with Gasteiger partial charge < -0.3 is 14.2 Å². The zero-order valence-corrected chi connectivity index (χ0v) is 13.6. The molecule has 1 rings (SSSR count). The van der Waals surface area contributed by atoms with Gasteiger partial charge >= 0.3 is 5.97 Å². The van der Waals surface area contributed by atoms with Gasteiger partial charge in [-0.1, -0.05) is 24.9 Å². The fourth-order valence-electron chi connectivity index (χ4n) is 1.65. The molecule has 0 aliphatic carbocycles. The van der Waals surface area contributed by atoms with E-state index in [2.05, 4.69) is 6.92 Å². The lowest BCUT2D eigenvalue weighted by Crippen LogP contribution is -2.27. The van der Waals surface area contributed by atoms with Crippen molar-refractivity contribution in [3.8, 4) is 5.75 Å². The summed E-state index contributed by atoms with van der Waals surface area (Å²) >= 11 is 5.88. The predicted octanol–water partition coefficient (Wildman–Crippen LogP) is 3.78. The number of carbonyl (C=O) groups is 1. The highest BCUT2D eigenvalue weighted by Gasteiger charge is 2.17. The number of rotatable bonds is 9. The Morgan fingerprint density at radius 3 is 2.71 bits per heavy atom. The van der Waals surface area contributed by atoms with Gasteiger partial charge in [-0.2, -0.15) is 0 Å². The molecule has 118 valence electrons. The third-order valence-corrected chi connectivity index (χ3v) is 3.12. The van der Waals surface area contributed by atoms with E-state index in [1.165, 1.54) is 0 Å². The molecule has 0 unspecified atom stereocenters. The molecular weight excluding hydrogens is 292 g/mol. The molecule has 0 amide bonds. The molecule has 1 atom stereocenters. The van der Waals surface area contributed by atoms with Crippen LogP contribution in [0.15, 0.2) is 18.2 Å². The Morgan fingerprint density at radius 1 is 1.29 bits per heavy atom. The van der Waals surface area contributed by atoms with Crippen molar-refractivity contribution in [1.29, 1.82) is 0 Å². The molecular formula is C16H23ClO4. The van der Waals surface area contributed by atoms with Crippen LogP contribution in [0.25, 0.3) is 0 Å². The number of hydrogen-bond donors (Lipinski definition) is 0. The van der Waals surface area contributed by atoms with Gasteiger partial charge in [0.15, 0.2) is 6.10 Å². The van der Waals surface area contributed by atoms with Crippen LogP contribution in [0, 0.1) is 6.92 Å². The highest BCUT2D eigenvalue weighted by Crippen LogP contribution is 2.22. The van der Waals surface area contributed by atoms with Crippen molar-refractivity contribution in [2.75, 3.05) is 19.8 Å². The highest BCUT2D eigenvalue weighted by molar-refractivity contribution is 6.30. The van der Waals surface area contributed by atoms with Gasteiger partial charge in [-0.3, -0.25) is 0 Å². The second-order valence-corrected chi connectivity index (χ2v) is 5.24. The second-order valence-electron chi connectivity index (χ2n) is 4.80. The van der Waals surface area contributed by atoms with Crippen LogP contribution in [0.3, 0.4) is 0 Å². The standard InChI is InChI=1S/C16H23ClO4/c1-4-5-8-19-9-10-20-16(18)13(3)21-15-7-6-14(17)11-12(15)2/h6-7,11,13H,4-5,8-10H2,1-3H3/t13-/m1/s1. The minimum Gasteiger partial charge on any atom is -0.479 e. The smallest absolute Gasteiger partial charge is 0.347 e. The summed E-state index contributed by atoms with van der Waals surface area (Å²) in [7, 11) is 0. The number of halogens is 1. The number of ether oxygens (including phenoxy) is 3. The SMILES string of the molecule is CCCCOCCOC(=O)[C@@H](C)Oc1ccc(Cl)cc1C. The van der Waals surface area contributed by atoms with Crippen molar-refractivity contribution in [2.24, 2.45) is 0 Å². The van der Waals surface area contributed by atoms with Crippen molar-refractivity contribution in [1.82, 2.24) is 0 Å². The van der Waals surface area contributed by atoms with E-state index in [-0.39, 0.29) is 6.61 Å². The molecule has 0 bridgehead atoms. The van der Waals surface area contributed by atoms with Gasteiger partial charge in [-0.15, -0.1) is 0 Å². The van der Waals surface area contributed by atoms with Crippen LogP contribution >= 0.6 is 11.6 Å². The Bertz CT molecular complexity index is 448. The Hall–Kier alpha value is -1.26. The van der Waals surface area contributed by atoms with Crippen LogP contribution in [-0.2, 0) is 14.3 Å². The minimum absolute atomic E-state index is 0.246. The lowest BCUT2D eigenvalue weighted by molar-refractivity contribution is -0.152. The van der Waals surface area contributed by atoms with E-state index in [9.17, 15) is 4.79 Å². The number of esters is 1. The quantitative estimate of drug-likeness (QED) is 0.514. The normalized spacial score (nSPS) is 12.0. The largest absolute Gasteiger partial charge is 0.479 e. The molecule has 0 aromatic heterocycles. The molecule has 1 aromatic rings. The Morgan fingerprint density at radius 2 is 2.05 bits per heavy atom. The van der Waals surface area contributed by atoms with E-state index in [1.54, 1.807) is 25.1 Å². The minimum atomic E-state index is -0.666. The molecule has 1 aromatic carbocycles. The van der Waals surface area contributed by atoms with Crippen molar-refractivity contribution >= 4 is 17.6 Å². The monoisotopic (exact) mass is 314 g/mol. The zero-order chi connectivity index (χ0) is 15.7. The molecule has 0 fully saturated rings. The van der Waals surface area contributed by atoms with Gasteiger partial charge in [0.1, 0.15) is 12.4 Å². The molecule has 0 spiro atoms. The van der Waals surface area contributed by atoms with Crippen LogP contribution in [0.2, 0.25) is 5.02 Å². The lowest BCUT2D eigenvalue weighted by atomic mass is 10.2. The first-order valence-electron chi connectivity index (χ1n) is 7.21. The average Bonchev–Trinajstić information content (AvgIpc) is 2.45. The van der Waals surface area contributed by atoms with Crippen molar-refractivity contribution in [2.45, 2.75) is 39.7 Å². The maximum atomic E-state index is 11.8. The highest BCUT2D eigenvalue weighted by atomic mass is 35.5. The molecule has 5 heteroatoms. The van der Waals surface area contributed by atoms with E-state index in [0.717, 1.165) is 18.4 Å². The van der Waals surface area contributed by atoms with Crippen molar-refractivity contribution in [3.63, 3.8) is 0 Å². The first-order chi connectivity index (χ1) is 10.0. The summed E-state index contributed by atoms with van der Waals surface area (Å²) in [5, 5.41) is 0.638. The van der Waals surface area contributed by atoms with E-state index >= 15 is 0 Å². The van der Waals surface area contributed by atoms with Gasteiger partial charge in [0.25, 0.3) is 0 Å². The number of carbonyl (C=O) groups excluding carboxylic acids is 1. The third kappa shape index (κ3) is 6.82. The molecule has 0 aliphatic rings. The van der Waals surface area contributed by atoms with Crippen LogP contribution in [-0.4, -0.2) is 31.9 Å². The van der Waals surface area contributed by atoms with Gasteiger partial charge in [-0.25, -0.2) is 4.79 Å². The van der Waals surface area contributed by atoms with Gasteiger partial charge in [0.05, 0.1) is 6.61 Å². The molecule has 0 radical (unpaired) electrons. The fraction of sp³-hybridized carbons (Fsp3) is 0.562. The maximum Gasteiger partial charge on any atom is 0.347 e. The van der Waals surface area contributed by atoms with Crippen LogP contribution in [0.1, 0.15) is 32.3 Å². The van der Waals surface area contributed by atoms with E-state index < -0.39 is 12.1 Å². The number of unbranched alkanes of at least 4 members (excludes halogenated alkanes) is 1. The van der Waals surface area contributed by atoms with Gasteiger partial charge in [-0.05, 0) is 44.0 Å². The lowest BCUT2D eigenvalue weighted by Gasteiger charge is -2.15. The average molecular weight is 315 g/mol. The summed E-state index contributed by atoms with van der Waals surface area (Å²) in [6.45, 7) is 6.99. The van der Waals surface area contributed by atoms with E-state index in [1.807, 2.05) is 6.92 Å². The van der Waals surface area contributed by atoms with Crippen LogP contribution in [0.4, 0.5) is 0 Å². The maximum absolute atomic E-state index is 11.8. The first-order valence-corrected chi connectivity index (χ1v) is 7.59. The van der Waals surface area contributed by atoms with E-state index in [4.69, 9.17) is 25.8 Å². The Balaban J connectivity index is 2.30. The number of aryl methyl sites for hydroxylation is 1. The van der Waals surface area contributed by atoms with Gasteiger partial charge in [0, 0.05) is 11.6 Å². The van der Waals surface area contributed by atoms with Crippen LogP contribution < -0.4 is 4.74 Å². The fourth-order valence-corrected chi connectivity index (χ4v) is 1.88. The van der Waals surface area contributed by atoms with Gasteiger partial charge in [0.2, 0.25) is 0 Å². The number of hydrogen-bond acceptors (Lipinski definition) is 4. The number of benzene rings is 1. The molecule has 0 saturated carbocycles. The van der Waals surface area contributed by atoms with E-state index in [0.29, 0.717) is 24.0 Å². The summed E-state index contributed by atoms with van der Waals surface area (Å²) in [5.41, 5.74) is 0.880. The summed E-state index contributed by atoms with van der Waals surface area (Å²) in [5.74, 6) is 0.228. The second kappa shape index (κ2) is 9.64. The zero-order valence-electron chi connectivity index (χ0n) is 12.9. The molecule has 0 N–H and O–H groups in total. The van der Waals surface area contributed by atoms with Crippen molar-refractivity contribution in [3.05, 3.63) is 28.8 Å². The van der Waals surface area contributed by atoms with Crippen molar-refractivity contribution < 1.29 is 19.0 Å². The Labute approximate surface area is 131 Å².